The van der Waals surface area contributed by atoms with Crippen molar-refractivity contribution < 1.29 is 0 Å². The lowest BCUT2D eigenvalue weighted by atomic mass is 10.0. The van der Waals surface area contributed by atoms with E-state index in [2.05, 4.69) is 4.98 Å². The molecule has 3 rings (SSSR count). The molecular weight excluding hydrogens is 265 g/mol. The van der Waals surface area contributed by atoms with Gasteiger partial charge in [0.2, 0.25) is 0 Å². The van der Waals surface area contributed by atoms with Crippen LogP contribution in [-0.2, 0) is 0 Å². The first-order chi connectivity index (χ1) is 8.77. The minimum Gasteiger partial charge on any atom is -0.256 e. The van der Waals surface area contributed by atoms with Gasteiger partial charge in [0, 0.05) is 27.2 Å². The van der Waals surface area contributed by atoms with Crippen LogP contribution in [0.15, 0.2) is 54.7 Å². The smallest absolute Gasteiger partial charge is 0.0708 e. The van der Waals surface area contributed by atoms with Gasteiger partial charge in [-0.15, -0.1) is 0 Å². The molecule has 0 aliphatic carbocycles. The molecule has 1 nitrogen and oxygen atoms in total. The SMILES string of the molecule is Clc1cccc(Cl)c1-c1ccnc2ccccc12. The number of pyridine rings is 1. The highest BCUT2D eigenvalue weighted by atomic mass is 35.5. The highest BCUT2D eigenvalue weighted by Gasteiger charge is 2.11. The summed E-state index contributed by atoms with van der Waals surface area (Å²) in [5.74, 6) is 0. The van der Waals surface area contributed by atoms with E-state index in [9.17, 15) is 0 Å². The molecule has 88 valence electrons. The fraction of sp³-hybridized carbons (Fsp3) is 0. The lowest BCUT2D eigenvalue weighted by Gasteiger charge is -2.09. The molecule has 3 aromatic rings. The third-order valence-electron chi connectivity index (χ3n) is 2.88. The van der Waals surface area contributed by atoms with Crippen LogP contribution < -0.4 is 0 Å². The lowest BCUT2D eigenvalue weighted by molar-refractivity contribution is 1.41. The number of benzene rings is 2. The number of para-hydroxylation sites is 1. The minimum atomic E-state index is 0.652. The van der Waals surface area contributed by atoms with Gasteiger partial charge in [-0.25, -0.2) is 0 Å². The molecule has 0 amide bonds. The Morgan fingerprint density at radius 3 is 2.28 bits per heavy atom. The van der Waals surface area contributed by atoms with Crippen molar-refractivity contribution in [2.24, 2.45) is 0 Å². The number of halogens is 2. The normalized spacial score (nSPS) is 10.8. The number of aromatic nitrogens is 1. The van der Waals surface area contributed by atoms with Crippen LogP contribution in [0.4, 0.5) is 0 Å². The van der Waals surface area contributed by atoms with E-state index < -0.39 is 0 Å². The maximum atomic E-state index is 6.26. The summed E-state index contributed by atoms with van der Waals surface area (Å²) in [7, 11) is 0. The van der Waals surface area contributed by atoms with E-state index in [1.54, 1.807) is 6.20 Å². The van der Waals surface area contributed by atoms with Crippen molar-refractivity contribution in [1.82, 2.24) is 4.98 Å². The van der Waals surface area contributed by atoms with Crippen LogP contribution in [0.3, 0.4) is 0 Å². The second kappa shape index (κ2) is 4.60. The summed E-state index contributed by atoms with van der Waals surface area (Å²) in [5.41, 5.74) is 2.81. The number of nitrogens with zero attached hydrogens (tertiary/aromatic N) is 1. The number of fused-ring (bicyclic) bond motifs is 1. The van der Waals surface area contributed by atoms with E-state index >= 15 is 0 Å². The van der Waals surface area contributed by atoms with E-state index in [4.69, 9.17) is 23.2 Å². The van der Waals surface area contributed by atoms with Crippen molar-refractivity contribution in [1.29, 1.82) is 0 Å². The Morgan fingerprint density at radius 1 is 0.778 bits per heavy atom. The predicted molar refractivity (Wildman–Crippen MR) is 77.2 cm³/mol. The molecule has 0 N–H and O–H groups in total. The standard InChI is InChI=1S/C15H9Cl2N/c16-12-5-3-6-13(17)15(12)11-8-9-18-14-7-2-1-4-10(11)14/h1-9H. The van der Waals surface area contributed by atoms with Crippen molar-refractivity contribution in [2.75, 3.05) is 0 Å². The molecule has 2 aromatic carbocycles. The van der Waals surface area contributed by atoms with Crippen molar-refractivity contribution in [3.8, 4) is 11.1 Å². The molecule has 18 heavy (non-hydrogen) atoms. The van der Waals surface area contributed by atoms with Crippen LogP contribution in [0.5, 0.6) is 0 Å². The molecule has 0 unspecified atom stereocenters. The minimum absolute atomic E-state index is 0.652. The van der Waals surface area contributed by atoms with E-state index in [0.717, 1.165) is 22.0 Å². The van der Waals surface area contributed by atoms with E-state index in [1.165, 1.54) is 0 Å². The topological polar surface area (TPSA) is 12.9 Å². The summed E-state index contributed by atoms with van der Waals surface area (Å²) in [4.78, 5) is 4.34. The molecule has 0 saturated heterocycles. The summed E-state index contributed by atoms with van der Waals surface area (Å²) < 4.78 is 0. The number of hydrogen-bond acceptors (Lipinski definition) is 1. The average molecular weight is 274 g/mol. The van der Waals surface area contributed by atoms with Crippen LogP contribution in [0.25, 0.3) is 22.0 Å². The molecule has 0 spiro atoms. The second-order valence-electron chi connectivity index (χ2n) is 3.97. The zero-order valence-corrected chi connectivity index (χ0v) is 10.9. The molecule has 0 bridgehead atoms. The highest BCUT2D eigenvalue weighted by molar-refractivity contribution is 6.39. The van der Waals surface area contributed by atoms with Gasteiger partial charge in [-0.1, -0.05) is 47.5 Å². The zero-order chi connectivity index (χ0) is 12.5. The van der Waals surface area contributed by atoms with Gasteiger partial charge in [0.1, 0.15) is 0 Å². The van der Waals surface area contributed by atoms with Gasteiger partial charge in [0.15, 0.2) is 0 Å². The second-order valence-corrected chi connectivity index (χ2v) is 4.79. The molecule has 0 saturated carbocycles. The molecular formula is C15H9Cl2N. The first kappa shape index (κ1) is 11.5. The lowest BCUT2D eigenvalue weighted by Crippen LogP contribution is -1.86. The van der Waals surface area contributed by atoms with Crippen LogP contribution in [0.2, 0.25) is 10.0 Å². The molecule has 3 heteroatoms. The average Bonchev–Trinajstić information content (AvgIpc) is 2.39. The first-order valence-corrected chi connectivity index (χ1v) is 6.31. The highest BCUT2D eigenvalue weighted by Crippen LogP contribution is 2.37. The molecule has 0 aliphatic heterocycles. The molecule has 1 aromatic heterocycles. The van der Waals surface area contributed by atoms with E-state index in [0.29, 0.717) is 10.0 Å². The summed E-state index contributed by atoms with van der Waals surface area (Å²) in [6, 6.07) is 15.4. The summed E-state index contributed by atoms with van der Waals surface area (Å²) in [5, 5.41) is 2.35. The van der Waals surface area contributed by atoms with E-state index in [1.807, 2.05) is 48.5 Å². The zero-order valence-electron chi connectivity index (χ0n) is 9.40. The Morgan fingerprint density at radius 2 is 1.50 bits per heavy atom. The van der Waals surface area contributed by atoms with Crippen molar-refractivity contribution >= 4 is 34.1 Å². The van der Waals surface area contributed by atoms with Crippen LogP contribution in [0, 0.1) is 0 Å². The third kappa shape index (κ3) is 1.86. The largest absolute Gasteiger partial charge is 0.256 e. The van der Waals surface area contributed by atoms with E-state index in [-0.39, 0.29) is 0 Å². The Kier molecular flexibility index (Phi) is 2.94. The number of rotatable bonds is 1. The quantitative estimate of drug-likeness (QED) is 0.593. The van der Waals surface area contributed by atoms with Crippen molar-refractivity contribution in [2.45, 2.75) is 0 Å². The molecule has 0 fully saturated rings. The molecule has 0 radical (unpaired) electrons. The van der Waals surface area contributed by atoms with Gasteiger partial charge in [-0.3, -0.25) is 4.98 Å². The van der Waals surface area contributed by atoms with Crippen molar-refractivity contribution in [3.63, 3.8) is 0 Å². The number of hydrogen-bond donors (Lipinski definition) is 0. The molecule has 0 aliphatic rings. The van der Waals surface area contributed by atoms with Crippen molar-refractivity contribution in [3.05, 3.63) is 64.8 Å². The first-order valence-electron chi connectivity index (χ1n) is 5.55. The Labute approximate surface area is 115 Å². The fourth-order valence-electron chi connectivity index (χ4n) is 2.07. The van der Waals surface area contributed by atoms with Gasteiger partial charge in [-0.2, -0.15) is 0 Å². The monoisotopic (exact) mass is 273 g/mol. The third-order valence-corrected chi connectivity index (χ3v) is 3.51. The van der Waals surface area contributed by atoms with Gasteiger partial charge < -0.3 is 0 Å². The maximum Gasteiger partial charge on any atom is 0.0708 e. The summed E-state index contributed by atoms with van der Waals surface area (Å²) >= 11 is 12.5. The van der Waals surface area contributed by atoms with Crippen LogP contribution >= 0.6 is 23.2 Å². The summed E-state index contributed by atoms with van der Waals surface area (Å²) in [6.45, 7) is 0. The Bertz CT molecular complexity index is 697. The van der Waals surface area contributed by atoms with Gasteiger partial charge in [-0.05, 0) is 29.8 Å². The van der Waals surface area contributed by atoms with Gasteiger partial charge in [0.05, 0.1) is 5.52 Å². The maximum absolute atomic E-state index is 6.26. The predicted octanol–water partition coefficient (Wildman–Crippen LogP) is 5.21. The fourth-order valence-corrected chi connectivity index (χ4v) is 2.67. The van der Waals surface area contributed by atoms with Crippen LogP contribution in [0.1, 0.15) is 0 Å². The molecule has 0 atom stereocenters. The van der Waals surface area contributed by atoms with Crippen LogP contribution in [-0.4, -0.2) is 4.98 Å². The summed E-state index contributed by atoms with van der Waals surface area (Å²) in [6.07, 6.45) is 1.78. The Hall–Kier alpha value is -1.57. The Balaban J connectivity index is 2.39. The van der Waals surface area contributed by atoms with Gasteiger partial charge in [0.25, 0.3) is 0 Å². The molecule has 1 heterocycles. The van der Waals surface area contributed by atoms with Gasteiger partial charge >= 0.3 is 0 Å².